The van der Waals surface area contributed by atoms with E-state index in [-0.39, 0.29) is 18.0 Å². The van der Waals surface area contributed by atoms with E-state index in [9.17, 15) is 5.11 Å². The maximum Gasteiger partial charge on any atom is 0.0692 e. The standard InChI is InChI=1S/C11H15BrO2S/c1-7(14)8(2)15-10-4-3-9(6-13)11(12)5-10/h3-5,7-8,13-14H,6H2,1-2H3. The number of aliphatic hydroxyl groups is 2. The molecule has 0 spiro atoms. The molecule has 0 fully saturated rings. The molecule has 84 valence electrons. The molecule has 2 nitrogen and oxygen atoms in total. The van der Waals surface area contributed by atoms with Crippen molar-refractivity contribution in [2.24, 2.45) is 0 Å². The maximum atomic E-state index is 9.38. The fraction of sp³-hybridized carbons (Fsp3) is 0.455. The lowest BCUT2D eigenvalue weighted by Gasteiger charge is -2.14. The van der Waals surface area contributed by atoms with Crippen LogP contribution in [0, 0.1) is 0 Å². The number of halogens is 1. The van der Waals surface area contributed by atoms with Crippen LogP contribution in [0.2, 0.25) is 0 Å². The molecule has 0 bridgehead atoms. The lowest BCUT2D eigenvalue weighted by Crippen LogP contribution is -2.14. The van der Waals surface area contributed by atoms with Gasteiger partial charge < -0.3 is 10.2 Å². The van der Waals surface area contributed by atoms with Crippen molar-refractivity contribution in [2.45, 2.75) is 36.7 Å². The van der Waals surface area contributed by atoms with Gasteiger partial charge in [-0.05, 0) is 24.6 Å². The molecule has 0 radical (unpaired) electrons. The second-order valence-electron chi connectivity index (χ2n) is 3.47. The van der Waals surface area contributed by atoms with Gasteiger partial charge in [-0.15, -0.1) is 11.8 Å². The number of hydrogen-bond acceptors (Lipinski definition) is 3. The van der Waals surface area contributed by atoms with E-state index < -0.39 is 0 Å². The monoisotopic (exact) mass is 290 g/mol. The van der Waals surface area contributed by atoms with Crippen LogP contribution >= 0.6 is 27.7 Å². The summed E-state index contributed by atoms with van der Waals surface area (Å²) >= 11 is 5.02. The molecular formula is C11H15BrO2S. The van der Waals surface area contributed by atoms with Crippen molar-refractivity contribution in [3.63, 3.8) is 0 Å². The van der Waals surface area contributed by atoms with Crippen molar-refractivity contribution in [3.8, 4) is 0 Å². The average Bonchev–Trinajstić information content (AvgIpc) is 2.18. The molecule has 0 aliphatic carbocycles. The van der Waals surface area contributed by atoms with Crippen LogP contribution in [0.4, 0.5) is 0 Å². The van der Waals surface area contributed by atoms with Gasteiger partial charge in [0, 0.05) is 14.6 Å². The molecule has 4 heteroatoms. The SMILES string of the molecule is CC(O)C(C)Sc1ccc(CO)c(Br)c1. The Hall–Kier alpha value is -0.0300. The van der Waals surface area contributed by atoms with E-state index in [4.69, 9.17) is 5.11 Å². The normalized spacial score (nSPS) is 15.0. The minimum Gasteiger partial charge on any atom is -0.392 e. The molecule has 0 aliphatic heterocycles. The van der Waals surface area contributed by atoms with E-state index in [1.54, 1.807) is 18.7 Å². The van der Waals surface area contributed by atoms with Crippen molar-refractivity contribution in [3.05, 3.63) is 28.2 Å². The van der Waals surface area contributed by atoms with Crippen LogP contribution in [-0.2, 0) is 6.61 Å². The Morgan fingerprint density at radius 1 is 1.40 bits per heavy atom. The largest absolute Gasteiger partial charge is 0.392 e. The predicted octanol–water partition coefficient (Wildman–Crippen LogP) is 2.80. The number of benzene rings is 1. The van der Waals surface area contributed by atoms with Crippen LogP contribution in [0.15, 0.2) is 27.6 Å². The third-order valence-electron chi connectivity index (χ3n) is 2.20. The molecule has 2 atom stereocenters. The molecule has 1 rings (SSSR count). The van der Waals surface area contributed by atoms with Gasteiger partial charge in [-0.25, -0.2) is 0 Å². The summed E-state index contributed by atoms with van der Waals surface area (Å²) in [6, 6.07) is 5.82. The van der Waals surface area contributed by atoms with E-state index >= 15 is 0 Å². The first-order valence-corrected chi connectivity index (χ1v) is 6.46. The highest BCUT2D eigenvalue weighted by molar-refractivity contribution is 9.10. The molecule has 0 saturated carbocycles. The molecule has 1 aromatic carbocycles. The Kier molecular flexibility index (Phi) is 5.12. The summed E-state index contributed by atoms with van der Waals surface area (Å²) in [5.74, 6) is 0. The molecular weight excluding hydrogens is 276 g/mol. The lowest BCUT2D eigenvalue weighted by molar-refractivity contribution is 0.196. The maximum absolute atomic E-state index is 9.38. The summed E-state index contributed by atoms with van der Waals surface area (Å²) in [7, 11) is 0. The van der Waals surface area contributed by atoms with Gasteiger partial charge in [-0.1, -0.05) is 28.9 Å². The Morgan fingerprint density at radius 2 is 2.07 bits per heavy atom. The van der Waals surface area contributed by atoms with E-state index in [1.165, 1.54) is 0 Å². The molecule has 0 heterocycles. The van der Waals surface area contributed by atoms with Crippen molar-refractivity contribution in [1.29, 1.82) is 0 Å². The predicted molar refractivity (Wildman–Crippen MR) is 67.1 cm³/mol. The minimum absolute atomic E-state index is 0.0392. The first-order valence-electron chi connectivity index (χ1n) is 4.78. The van der Waals surface area contributed by atoms with Gasteiger partial charge in [0.05, 0.1) is 12.7 Å². The molecule has 15 heavy (non-hydrogen) atoms. The van der Waals surface area contributed by atoms with Gasteiger partial charge >= 0.3 is 0 Å². The number of hydrogen-bond donors (Lipinski definition) is 2. The molecule has 0 aromatic heterocycles. The van der Waals surface area contributed by atoms with E-state index in [0.717, 1.165) is 14.9 Å². The van der Waals surface area contributed by atoms with Gasteiger partial charge in [-0.3, -0.25) is 0 Å². The molecule has 1 aromatic rings. The second-order valence-corrected chi connectivity index (χ2v) is 5.78. The number of rotatable bonds is 4. The Balaban J connectivity index is 2.75. The molecule has 0 aliphatic rings. The third-order valence-corrected chi connectivity index (χ3v) is 4.23. The summed E-state index contributed by atoms with van der Waals surface area (Å²) in [6.45, 7) is 3.81. The highest BCUT2D eigenvalue weighted by atomic mass is 79.9. The highest BCUT2D eigenvalue weighted by Crippen LogP contribution is 2.29. The van der Waals surface area contributed by atoms with Crippen LogP contribution in [0.1, 0.15) is 19.4 Å². The van der Waals surface area contributed by atoms with Crippen molar-refractivity contribution in [1.82, 2.24) is 0 Å². The van der Waals surface area contributed by atoms with Crippen molar-refractivity contribution in [2.75, 3.05) is 0 Å². The topological polar surface area (TPSA) is 40.5 Å². The Morgan fingerprint density at radius 3 is 2.53 bits per heavy atom. The van der Waals surface area contributed by atoms with E-state index in [0.29, 0.717) is 0 Å². The van der Waals surface area contributed by atoms with Gasteiger partial charge in [0.15, 0.2) is 0 Å². The van der Waals surface area contributed by atoms with E-state index in [2.05, 4.69) is 15.9 Å². The van der Waals surface area contributed by atoms with Crippen molar-refractivity contribution >= 4 is 27.7 Å². The zero-order chi connectivity index (χ0) is 11.4. The summed E-state index contributed by atoms with van der Waals surface area (Å²) < 4.78 is 0.910. The summed E-state index contributed by atoms with van der Waals surface area (Å²) in [5.41, 5.74) is 0.879. The number of aliphatic hydroxyl groups excluding tert-OH is 2. The Labute approximate surface area is 103 Å². The zero-order valence-corrected chi connectivity index (χ0v) is 11.2. The van der Waals surface area contributed by atoms with Crippen molar-refractivity contribution < 1.29 is 10.2 Å². The van der Waals surface area contributed by atoms with Crippen LogP contribution in [-0.4, -0.2) is 21.6 Å². The second kappa shape index (κ2) is 5.89. The van der Waals surface area contributed by atoms with Crippen LogP contribution < -0.4 is 0 Å². The first kappa shape index (κ1) is 13.0. The first-order chi connectivity index (χ1) is 7.04. The van der Waals surface area contributed by atoms with Crippen LogP contribution in [0.3, 0.4) is 0 Å². The van der Waals surface area contributed by atoms with Gasteiger partial charge in [0.1, 0.15) is 0 Å². The third kappa shape index (κ3) is 3.79. The molecule has 0 saturated heterocycles. The Bertz CT molecular complexity index is 328. The smallest absolute Gasteiger partial charge is 0.0692 e. The van der Waals surface area contributed by atoms with E-state index in [1.807, 2.05) is 25.1 Å². The van der Waals surface area contributed by atoms with Crippen LogP contribution in [0.5, 0.6) is 0 Å². The summed E-state index contributed by atoms with van der Waals surface area (Å²) in [4.78, 5) is 1.09. The zero-order valence-electron chi connectivity index (χ0n) is 8.77. The number of thioether (sulfide) groups is 1. The van der Waals surface area contributed by atoms with Crippen LogP contribution in [0.25, 0.3) is 0 Å². The summed E-state index contributed by atoms with van der Waals surface area (Å²) in [6.07, 6.45) is -0.328. The lowest BCUT2D eigenvalue weighted by atomic mass is 10.2. The van der Waals surface area contributed by atoms with Gasteiger partial charge in [0.2, 0.25) is 0 Å². The minimum atomic E-state index is -0.328. The average molecular weight is 291 g/mol. The fourth-order valence-electron chi connectivity index (χ4n) is 1.04. The van der Waals surface area contributed by atoms with Gasteiger partial charge in [0.25, 0.3) is 0 Å². The molecule has 2 unspecified atom stereocenters. The molecule has 2 N–H and O–H groups in total. The quantitative estimate of drug-likeness (QED) is 0.838. The fourth-order valence-corrected chi connectivity index (χ4v) is 2.66. The molecule has 0 amide bonds. The van der Waals surface area contributed by atoms with Gasteiger partial charge in [-0.2, -0.15) is 0 Å². The highest BCUT2D eigenvalue weighted by Gasteiger charge is 2.11. The summed E-state index contributed by atoms with van der Waals surface area (Å²) in [5, 5.41) is 18.5.